The Labute approximate surface area is 751 Å². The summed E-state index contributed by atoms with van der Waals surface area (Å²) in [6.07, 6.45) is 3.71. The van der Waals surface area contributed by atoms with Crippen LogP contribution in [-0.4, -0.2) is 23.3 Å². The normalized spacial score (nSPS) is 11.7. The second-order valence-electron chi connectivity index (χ2n) is 34.0. The first-order valence-electron chi connectivity index (χ1n) is 44.7. The van der Waals surface area contributed by atoms with E-state index in [1.54, 1.807) is 0 Å². The second-order valence-corrected chi connectivity index (χ2v) is 34.0. The minimum atomic E-state index is 1.12. The smallest absolute Gasteiger partial charge is 0.0547 e. The molecule has 606 valence electrons. The fourth-order valence-corrected chi connectivity index (χ4v) is 20.8. The summed E-state index contributed by atoms with van der Waals surface area (Å²) in [4.78, 5) is 4.22. The third-order valence-corrected chi connectivity index (χ3v) is 26.7. The van der Waals surface area contributed by atoms with Crippen LogP contribution in [0.5, 0.6) is 0 Å². The SMILES string of the molecule is c1ccc(-c2cccc(-n3c4ccccc4c4ccc(-c5ccc6c7ccccc7n(-c7cc(-c8ccccc8)cc(-c8ccccc8)c7)c6c5)cc43)c2)cc1.c1ccc(-n2c3ccccc3c3cc(-c4ccc5c6ccccc6c6ccccc6c5c4)ccc32)cc1.c1ccc2c(c1)c1ccccc1c1cc(-c3ccc4c(c3)c3ccccc3n4-c3ccncc3)ccc21. The number of benzene rings is 22. The van der Waals surface area contributed by atoms with Crippen molar-refractivity contribution < 1.29 is 0 Å². The lowest BCUT2D eigenvalue weighted by atomic mass is 9.92. The third-order valence-electron chi connectivity index (χ3n) is 26.7. The first-order chi connectivity index (χ1) is 64.5. The molecule has 0 atom stereocenters. The van der Waals surface area contributed by atoms with E-state index in [4.69, 9.17) is 0 Å². The Hall–Kier alpha value is -17.3. The summed E-state index contributed by atoms with van der Waals surface area (Å²) in [7, 11) is 0. The van der Waals surface area contributed by atoms with Gasteiger partial charge in [0, 0.05) is 78.2 Å². The number of fused-ring (bicyclic) bond motifs is 24. The molecule has 5 heteroatoms. The molecule has 0 spiro atoms. The maximum Gasteiger partial charge on any atom is 0.0547 e. The Kier molecular flexibility index (Phi) is 18.2. The van der Waals surface area contributed by atoms with Gasteiger partial charge in [-0.2, -0.15) is 0 Å². The van der Waals surface area contributed by atoms with Gasteiger partial charge < -0.3 is 18.3 Å². The monoisotopic (exact) mass is 1650 g/mol. The van der Waals surface area contributed by atoms with Crippen molar-refractivity contribution in [1.29, 1.82) is 0 Å². The average Bonchev–Trinajstić information content (AvgIpc) is 1.54. The molecule has 27 rings (SSSR count). The van der Waals surface area contributed by atoms with Crippen molar-refractivity contribution in [3.05, 3.63) is 492 Å². The zero-order valence-electron chi connectivity index (χ0n) is 71.0. The van der Waals surface area contributed by atoms with Crippen LogP contribution in [0.4, 0.5) is 0 Å². The van der Waals surface area contributed by atoms with Crippen LogP contribution < -0.4 is 0 Å². The van der Waals surface area contributed by atoms with Gasteiger partial charge in [0.2, 0.25) is 0 Å². The highest BCUT2D eigenvalue weighted by Gasteiger charge is 2.22. The zero-order chi connectivity index (χ0) is 85.7. The predicted octanol–water partition coefficient (Wildman–Crippen LogP) is 33.8. The van der Waals surface area contributed by atoms with Crippen molar-refractivity contribution in [3.63, 3.8) is 0 Å². The van der Waals surface area contributed by atoms with E-state index in [-0.39, 0.29) is 0 Å². The van der Waals surface area contributed by atoms with E-state index < -0.39 is 0 Å². The van der Waals surface area contributed by atoms with Crippen molar-refractivity contribution in [1.82, 2.24) is 23.3 Å². The fourth-order valence-electron chi connectivity index (χ4n) is 20.8. The molecule has 0 amide bonds. The number of rotatable bonds is 10. The molecule has 0 aliphatic carbocycles. The topological polar surface area (TPSA) is 32.6 Å². The Morgan fingerprint density at radius 3 is 0.731 bits per heavy atom. The lowest BCUT2D eigenvalue weighted by Crippen LogP contribution is -1.96. The molecule has 27 aromatic rings. The molecule has 22 aromatic carbocycles. The van der Waals surface area contributed by atoms with Crippen LogP contribution in [0, 0.1) is 0 Å². The summed E-state index contributed by atoms with van der Waals surface area (Å²) in [6.45, 7) is 0. The molecule has 0 radical (unpaired) electrons. The van der Waals surface area contributed by atoms with Crippen LogP contribution >= 0.6 is 0 Å². The van der Waals surface area contributed by atoms with Gasteiger partial charge >= 0.3 is 0 Å². The van der Waals surface area contributed by atoms with Crippen molar-refractivity contribution in [2.75, 3.05) is 0 Å². The Balaban J connectivity index is 0.000000109. The number of hydrogen-bond donors (Lipinski definition) is 0. The number of nitrogens with zero attached hydrogens (tertiary/aromatic N) is 5. The number of pyridine rings is 1. The molecule has 0 aliphatic rings. The zero-order valence-corrected chi connectivity index (χ0v) is 71.0. The molecule has 0 saturated heterocycles. The fraction of sp³-hybridized carbons (Fsp3) is 0. The van der Waals surface area contributed by atoms with E-state index in [1.807, 2.05) is 12.4 Å². The van der Waals surface area contributed by atoms with E-state index in [2.05, 4.69) is 502 Å². The van der Waals surface area contributed by atoms with E-state index in [1.165, 1.54) is 224 Å². The van der Waals surface area contributed by atoms with E-state index in [9.17, 15) is 0 Å². The average molecular weight is 1650 g/mol. The third kappa shape index (κ3) is 12.8. The highest BCUT2D eigenvalue weighted by Crippen LogP contribution is 2.46. The van der Waals surface area contributed by atoms with Crippen LogP contribution in [0.25, 0.3) is 241 Å². The summed E-state index contributed by atoms with van der Waals surface area (Å²) in [6, 6.07) is 174. The van der Waals surface area contributed by atoms with Gasteiger partial charge in [0.05, 0.1) is 44.1 Å². The number of hydrogen-bond acceptors (Lipinski definition) is 1. The number of para-hydroxylation sites is 5. The van der Waals surface area contributed by atoms with Gasteiger partial charge in [-0.05, 0) is 259 Å². The summed E-state index contributed by atoms with van der Waals surface area (Å²) in [5.41, 5.74) is 28.7. The molecule has 0 bridgehead atoms. The highest BCUT2D eigenvalue weighted by atomic mass is 15.0. The maximum absolute atomic E-state index is 4.22. The van der Waals surface area contributed by atoms with Crippen molar-refractivity contribution in [2.24, 2.45) is 0 Å². The molecule has 0 N–H and O–H groups in total. The predicted molar refractivity (Wildman–Crippen MR) is 552 cm³/mol. The lowest BCUT2D eigenvalue weighted by Gasteiger charge is -2.14. The quantitative estimate of drug-likeness (QED) is 0.126. The summed E-state index contributed by atoms with van der Waals surface area (Å²) >= 11 is 0. The van der Waals surface area contributed by atoms with E-state index in [0.717, 1.165) is 17.1 Å². The van der Waals surface area contributed by atoms with Crippen molar-refractivity contribution >= 4 is 152 Å². The molecule has 5 heterocycles. The van der Waals surface area contributed by atoms with Gasteiger partial charge in [0.15, 0.2) is 0 Å². The van der Waals surface area contributed by atoms with Gasteiger partial charge in [0.25, 0.3) is 0 Å². The maximum atomic E-state index is 4.22. The van der Waals surface area contributed by atoms with Crippen LogP contribution in [0.1, 0.15) is 0 Å². The molecule has 130 heavy (non-hydrogen) atoms. The molecule has 5 nitrogen and oxygen atoms in total. The lowest BCUT2D eigenvalue weighted by molar-refractivity contribution is 1.16. The van der Waals surface area contributed by atoms with Gasteiger partial charge in [-0.1, -0.05) is 352 Å². The largest absolute Gasteiger partial charge is 0.309 e. The van der Waals surface area contributed by atoms with Gasteiger partial charge in [0.1, 0.15) is 0 Å². The van der Waals surface area contributed by atoms with Crippen LogP contribution in [-0.2, 0) is 0 Å². The number of aromatic nitrogens is 5. The van der Waals surface area contributed by atoms with Gasteiger partial charge in [-0.15, -0.1) is 0 Å². The minimum absolute atomic E-state index is 1.12. The first-order valence-corrected chi connectivity index (χ1v) is 44.7. The Bertz CT molecular complexity index is 8720. The van der Waals surface area contributed by atoms with E-state index >= 15 is 0 Å². The molecule has 0 aliphatic heterocycles. The molecule has 0 fully saturated rings. The van der Waals surface area contributed by atoms with Crippen LogP contribution in [0.3, 0.4) is 0 Å². The molecular weight excluding hydrogens is 1570 g/mol. The van der Waals surface area contributed by atoms with Gasteiger partial charge in [-0.25, -0.2) is 0 Å². The second kappa shape index (κ2) is 31.5. The summed E-state index contributed by atoms with van der Waals surface area (Å²) in [5.74, 6) is 0. The molecule has 0 saturated carbocycles. The Morgan fingerprint density at radius 1 is 0.108 bits per heavy atom. The summed E-state index contributed by atoms with van der Waals surface area (Å²) in [5, 5.41) is 25.7. The summed E-state index contributed by atoms with van der Waals surface area (Å²) < 4.78 is 9.58. The van der Waals surface area contributed by atoms with E-state index in [0.29, 0.717) is 0 Å². The standard InChI is InChI=1S/C54H36N2.C36H23N.C35H22N2/c1-4-15-37(16-5-1)40-21-14-22-45(32-40)55-51-25-12-10-23-47(51)49-29-27-41(35-53(49)55)42-28-30-50-48-24-11-13-26-52(48)56(54(50)36-42)46-33-43(38-17-6-2-7-18-38)31-44(34-46)39-19-8-3-9-20-39;1-2-10-26(11-3-1)37-35-17-9-8-16-32(35)34-23-25(19-21-36(34)37)24-18-20-31-29-14-5-4-12-27(29)28-13-6-7-15-30(28)33(31)22-24;1-2-9-28-26(7-1)27-8-3-4-10-29(27)32-21-23(13-15-30(28)32)24-14-16-35-33(22-24)31-11-5-6-12-34(31)37(35)25-17-19-36-20-18-25/h1-36H;1-23H;1-22H. The molecule has 5 aromatic heterocycles. The highest BCUT2D eigenvalue weighted by molar-refractivity contribution is 6.28. The molecule has 0 unspecified atom stereocenters. The van der Waals surface area contributed by atoms with Crippen LogP contribution in [0.2, 0.25) is 0 Å². The van der Waals surface area contributed by atoms with Crippen LogP contribution in [0.15, 0.2) is 492 Å². The Morgan fingerprint density at radius 2 is 0.338 bits per heavy atom. The molecular formula is C125H81N5. The minimum Gasteiger partial charge on any atom is -0.309 e. The van der Waals surface area contributed by atoms with Crippen molar-refractivity contribution in [2.45, 2.75) is 0 Å². The van der Waals surface area contributed by atoms with Gasteiger partial charge in [-0.3, -0.25) is 4.98 Å². The first kappa shape index (κ1) is 75.3. The van der Waals surface area contributed by atoms with Crippen molar-refractivity contribution in [3.8, 4) is 89.5 Å².